The van der Waals surface area contributed by atoms with Crippen LogP contribution in [0.4, 0.5) is 0 Å². The van der Waals surface area contributed by atoms with Gasteiger partial charge in [-0.2, -0.15) is 5.26 Å². The number of rotatable bonds is 8. The standard InChI is InChI=1S/C30H33N7O5/c1-32-26(39)20-7-9-23-18(14-20)5-6-19-15-21(27(40)33-2)8-10-24(19)30(23,28-35-29(41)42-36-28)11-12-34-17-25(38)37-13-3-4-22(37)16-31/h7-10,14-15,22,34H,3-6,11-13,17H2,1-2H3,(H,32,39)(H,33,40)(H,35,36,41)/t22-/m0/s1. The highest BCUT2D eigenvalue weighted by Crippen LogP contribution is 2.46. The number of aryl methyl sites for hydroxylation is 2. The Kier molecular flexibility index (Phi) is 8.22. The molecule has 2 aliphatic rings. The van der Waals surface area contributed by atoms with Crippen LogP contribution in [-0.2, 0) is 23.1 Å². The molecule has 0 radical (unpaired) electrons. The summed E-state index contributed by atoms with van der Waals surface area (Å²) < 4.78 is 5.01. The molecule has 1 atom stereocenters. The smallest absolute Gasteiger partial charge is 0.355 e. The highest BCUT2D eigenvalue weighted by Gasteiger charge is 2.44. The van der Waals surface area contributed by atoms with Crippen molar-refractivity contribution in [1.82, 2.24) is 31.0 Å². The van der Waals surface area contributed by atoms with E-state index in [-0.39, 0.29) is 30.1 Å². The van der Waals surface area contributed by atoms with Crippen LogP contribution in [-0.4, -0.2) is 72.5 Å². The summed E-state index contributed by atoms with van der Waals surface area (Å²) in [5.41, 5.74) is 3.42. The summed E-state index contributed by atoms with van der Waals surface area (Å²) in [7, 11) is 3.14. The fourth-order valence-electron chi connectivity index (χ4n) is 6.25. The molecule has 12 heteroatoms. The van der Waals surface area contributed by atoms with Crippen molar-refractivity contribution in [3.8, 4) is 6.07 Å². The Balaban J connectivity index is 1.58. The molecule has 1 aliphatic heterocycles. The van der Waals surface area contributed by atoms with Crippen LogP contribution in [0.15, 0.2) is 45.7 Å². The second-order valence-corrected chi connectivity index (χ2v) is 10.6. The van der Waals surface area contributed by atoms with Crippen molar-refractivity contribution in [3.63, 3.8) is 0 Å². The van der Waals surface area contributed by atoms with Gasteiger partial charge in [0.1, 0.15) is 6.04 Å². The molecule has 2 heterocycles. The lowest BCUT2D eigenvalue weighted by Crippen LogP contribution is -2.42. The van der Waals surface area contributed by atoms with E-state index in [1.807, 2.05) is 24.3 Å². The van der Waals surface area contributed by atoms with Crippen LogP contribution in [0.5, 0.6) is 0 Å². The predicted octanol–water partition coefficient (Wildman–Crippen LogP) is 1.01. The van der Waals surface area contributed by atoms with Gasteiger partial charge in [-0.05, 0) is 85.2 Å². The van der Waals surface area contributed by atoms with Gasteiger partial charge in [0.05, 0.1) is 18.0 Å². The molecule has 3 aromatic rings. The molecule has 0 unspecified atom stereocenters. The number of fused-ring (bicyclic) bond motifs is 2. The zero-order chi connectivity index (χ0) is 29.9. The molecule has 12 nitrogen and oxygen atoms in total. The number of hydrogen-bond donors (Lipinski definition) is 4. The van der Waals surface area contributed by atoms with Crippen molar-refractivity contribution in [2.75, 3.05) is 33.7 Å². The minimum Gasteiger partial charge on any atom is -0.355 e. The molecule has 3 amide bonds. The highest BCUT2D eigenvalue weighted by atomic mass is 16.5. The number of aromatic nitrogens is 2. The van der Waals surface area contributed by atoms with Gasteiger partial charge in [-0.1, -0.05) is 17.3 Å². The van der Waals surface area contributed by atoms with E-state index in [2.05, 4.69) is 32.2 Å². The Morgan fingerprint density at radius 1 is 1.07 bits per heavy atom. The number of aromatic amines is 1. The summed E-state index contributed by atoms with van der Waals surface area (Å²) in [6.45, 7) is 0.957. The number of nitriles is 1. The maximum atomic E-state index is 12.9. The number of hydrogen-bond acceptors (Lipinski definition) is 8. The zero-order valence-corrected chi connectivity index (χ0v) is 23.6. The van der Waals surface area contributed by atoms with Crippen molar-refractivity contribution in [2.45, 2.75) is 43.6 Å². The monoisotopic (exact) mass is 571 g/mol. The van der Waals surface area contributed by atoms with E-state index in [0.29, 0.717) is 49.9 Å². The number of H-pyrrole nitrogens is 1. The molecule has 1 aliphatic carbocycles. The second kappa shape index (κ2) is 12.0. The van der Waals surface area contributed by atoms with E-state index in [4.69, 9.17) is 4.52 Å². The number of amides is 3. The number of likely N-dealkylation sites (tertiary alicyclic amines) is 1. The van der Waals surface area contributed by atoms with Crippen molar-refractivity contribution in [3.05, 3.63) is 86.2 Å². The maximum absolute atomic E-state index is 12.9. The molecule has 1 saturated heterocycles. The number of benzene rings is 2. The Labute approximate surface area is 242 Å². The van der Waals surface area contributed by atoms with E-state index < -0.39 is 17.2 Å². The van der Waals surface area contributed by atoms with Gasteiger partial charge < -0.3 is 20.9 Å². The topological polar surface area (TPSA) is 173 Å². The van der Waals surface area contributed by atoms with E-state index in [1.165, 1.54) is 0 Å². The molecular formula is C30H33N7O5. The van der Waals surface area contributed by atoms with Crippen LogP contribution in [0.25, 0.3) is 0 Å². The Morgan fingerprint density at radius 3 is 2.21 bits per heavy atom. The summed E-state index contributed by atoms with van der Waals surface area (Å²) in [5.74, 6) is -1.01. The first-order valence-electron chi connectivity index (χ1n) is 14.0. The van der Waals surface area contributed by atoms with Crippen LogP contribution in [0.3, 0.4) is 0 Å². The second-order valence-electron chi connectivity index (χ2n) is 10.6. The predicted molar refractivity (Wildman–Crippen MR) is 152 cm³/mol. The summed E-state index contributed by atoms with van der Waals surface area (Å²) in [6.07, 6.45) is 2.99. The summed E-state index contributed by atoms with van der Waals surface area (Å²) in [4.78, 5) is 54.6. The lowest BCUT2D eigenvalue weighted by molar-refractivity contribution is -0.130. The number of carbonyl (C=O) groups excluding carboxylic acids is 3. The normalized spacial score (nSPS) is 17.0. The van der Waals surface area contributed by atoms with Crippen molar-refractivity contribution in [1.29, 1.82) is 5.26 Å². The van der Waals surface area contributed by atoms with E-state index >= 15 is 0 Å². The fraction of sp³-hybridized carbons (Fsp3) is 0.400. The number of nitrogens with zero attached hydrogens (tertiary/aromatic N) is 3. The van der Waals surface area contributed by atoms with Crippen molar-refractivity contribution < 1.29 is 18.9 Å². The maximum Gasteiger partial charge on any atom is 0.438 e. The fourth-order valence-corrected chi connectivity index (χ4v) is 6.25. The molecule has 1 fully saturated rings. The van der Waals surface area contributed by atoms with Crippen LogP contribution >= 0.6 is 0 Å². The molecule has 4 N–H and O–H groups in total. The Bertz CT molecular complexity index is 1550. The quantitative estimate of drug-likeness (QED) is 0.290. The van der Waals surface area contributed by atoms with Gasteiger partial charge in [-0.15, -0.1) is 0 Å². The first kappa shape index (κ1) is 28.8. The van der Waals surface area contributed by atoms with E-state index in [9.17, 15) is 24.4 Å². The first-order chi connectivity index (χ1) is 20.3. The van der Waals surface area contributed by atoms with Gasteiger partial charge in [0, 0.05) is 31.8 Å². The average Bonchev–Trinajstić information content (AvgIpc) is 3.66. The average molecular weight is 572 g/mol. The molecule has 5 rings (SSSR count). The van der Waals surface area contributed by atoms with Crippen molar-refractivity contribution >= 4 is 17.7 Å². The van der Waals surface area contributed by atoms with Crippen LogP contribution in [0.2, 0.25) is 0 Å². The van der Waals surface area contributed by atoms with Gasteiger partial charge in [0.15, 0.2) is 5.82 Å². The van der Waals surface area contributed by atoms with E-state index in [1.54, 1.807) is 31.1 Å². The van der Waals surface area contributed by atoms with Crippen LogP contribution in [0.1, 0.15) is 68.1 Å². The zero-order valence-electron chi connectivity index (χ0n) is 23.6. The third-order valence-corrected chi connectivity index (χ3v) is 8.29. The van der Waals surface area contributed by atoms with Gasteiger partial charge in [0.25, 0.3) is 11.8 Å². The molecule has 1 aromatic heterocycles. The van der Waals surface area contributed by atoms with Gasteiger partial charge in [-0.3, -0.25) is 23.9 Å². The Morgan fingerprint density at radius 2 is 1.69 bits per heavy atom. The lowest BCUT2D eigenvalue weighted by atomic mass is 9.69. The first-order valence-corrected chi connectivity index (χ1v) is 14.0. The van der Waals surface area contributed by atoms with Crippen LogP contribution in [0, 0.1) is 11.3 Å². The molecular weight excluding hydrogens is 538 g/mol. The Hall–Kier alpha value is -4.76. The van der Waals surface area contributed by atoms with Crippen molar-refractivity contribution in [2.24, 2.45) is 0 Å². The van der Waals surface area contributed by atoms with E-state index in [0.717, 1.165) is 28.7 Å². The molecule has 0 bridgehead atoms. The molecule has 42 heavy (non-hydrogen) atoms. The molecule has 2 aromatic carbocycles. The van der Waals surface area contributed by atoms with Gasteiger partial charge in [0.2, 0.25) is 5.91 Å². The lowest BCUT2D eigenvalue weighted by Gasteiger charge is -2.34. The molecule has 218 valence electrons. The molecule has 0 spiro atoms. The van der Waals surface area contributed by atoms with Crippen LogP contribution < -0.4 is 21.7 Å². The summed E-state index contributed by atoms with van der Waals surface area (Å²) >= 11 is 0. The van der Waals surface area contributed by atoms with Gasteiger partial charge >= 0.3 is 5.76 Å². The number of nitrogens with one attached hydrogen (secondary N) is 4. The highest BCUT2D eigenvalue weighted by molar-refractivity contribution is 5.95. The summed E-state index contributed by atoms with van der Waals surface area (Å²) in [5, 5.41) is 22.1. The number of carbonyl (C=O) groups is 3. The largest absolute Gasteiger partial charge is 0.438 e. The SMILES string of the molecule is CNC(=O)c1ccc2c(c1)CCc1cc(C(=O)NC)ccc1C2(CCNCC(=O)N1CCC[C@H]1C#N)c1noc(=O)[nH]1. The summed E-state index contributed by atoms with van der Waals surface area (Å²) in [6, 6.07) is 12.7. The third kappa shape index (κ3) is 5.19. The third-order valence-electron chi connectivity index (χ3n) is 8.29. The molecule has 0 saturated carbocycles. The van der Waals surface area contributed by atoms with Gasteiger partial charge in [-0.25, -0.2) is 4.79 Å². The minimum atomic E-state index is -1.03. The minimum absolute atomic E-state index is 0.0501.